The summed E-state index contributed by atoms with van der Waals surface area (Å²) in [6.45, 7) is 0.255. The summed E-state index contributed by atoms with van der Waals surface area (Å²) in [4.78, 5) is 0. The summed E-state index contributed by atoms with van der Waals surface area (Å²) in [5.41, 5.74) is 3.03. The minimum Gasteiger partial charge on any atom is -0.497 e. The van der Waals surface area contributed by atoms with Crippen LogP contribution in [0.15, 0.2) is 72.8 Å². The summed E-state index contributed by atoms with van der Waals surface area (Å²) >= 11 is 0. The lowest BCUT2D eigenvalue weighted by atomic mass is 9.97. The molecule has 0 saturated heterocycles. The molecule has 3 N–H and O–H groups in total. The molecule has 3 aromatic carbocycles. The molecule has 0 aliphatic carbocycles. The van der Waals surface area contributed by atoms with Crippen molar-refractivity contribution in [2.45, 2.75) is 12.1 Å². The van der Waals surface area contributed by atoms with Crippen molar-refractivity contribution in [1.82, 2.24) is 5.32 Å². The van der Waals surface area contributed by atoms with Gasteiger partial charge in [-0.1, -0.05) is 36.4 Å². The van der Waals surface area contributed by atoms with E-state index in [0.29, 0.717) is 11.3 Å². The molecular weight excluding hydrogens is 428 g/mol. The van der Waals surface area contributed by atoms with Gasteiger partial charge in [-0.25, -0.2) is 8.42 Å². The maximum atomic E-state index is 11.5. The predicted octanol–water partition coefficient (Wildman–Crippen LogP) is 3.49. The number of sulfonamides is 1. The van der Waals surface area contributed by atoms with Crippen LogP contribution in [0.2, 0.25) is 0 Å². The Morgan fingerprint density at radius 1 is 0.844 bits per heavy atom. The van der Waals surface area contributed by atoms with Crippen molar-refractivity contribution < 1.29 is 23.0 Å². The third-order valence-electron chi connectivity index (χ3n) is 4.99. The molecule has 0 radical (unpaired) electrons. The Morgan fingerprint density at radius 2 is 1.38 bits per heavy atom. The first-order valence-electron chi connectivity index (χ1n) is 10.1. The Labute approximate surface area is 189 Å². The Bertz CT molecular complexity index is 1070. The van der Waals surface area contributed by atoms with Crippen molar-refractivity contribution in [1.29, 1.82) is 0 Å². The van der Waals surface area contributed by atoms with Gasteiger partial charge >= 0.3 is 0 Å². The zero-order valence-electron chi connectivity index (χ0n) is 18.3. The van der Waals surface area contributed by atoms with Crippen LogP contribution >= 0.6 is 0 Å². The first kappa shape index (κ1) is 23.6. The monoisotopic (exact) mass is 456 g/mol. The molecule has 0 spiro atoms. The lowest BCUT2D eigenvalue weighted by Crippen LogP contribution is -2.27. The Kier molecular flexibility index (Phi) is 7.74. The van der Waals surface area contributed by atoms with Gasteiger partial charge in [-0.05, 0) is 53.1 Å². The molecule has 0 aromatic heterocycles. The Morgan fingerprint density at radius 3 is 1.84 bits per heavy atom. The van der Waals surface area contributed by atoms with E-state index in [2.05, 4.69) is 10.0 Å². The summed E-state index contributed by atoms with van der Waals surface area (Å²) < 4.78 is 35.9. The highest BCUT2D eigenvalue weighted by Gasteiger charge is 2.17. The van der Waals surface area contributed by atoms with E-state index in [1.165, 1.54) is 0 Å². The van der Waals surface area contributed by atoms with Gasteiger partial charge in [0.2, 0.25) is 10.0 Å². The van der Waals surface area contributed by atoms with Crippen LogP contribution in [0.3, 0.4) is 0 Å². The molecule has 0 aliphatic heterocycles. The molecule has 8 heteroatoms. The van der Waals surface area contributed by atoms with Crippen LogP contribution in [-0.2, 0) is 10.0 Å². The highest BCUT2D eigenvalue weighted by molar-refractivity contribution is 7.92. The van der Waals surface area contributed by atoms with Crippen LogP contribution in [0.25, 0.3) is 0 Å². The normalized spacial score (nSPS) is 12.4. The summed E-state index contributed by atoms with van der Waals surface area (Å²) in [5, 5.41) is 14.2. The van der Waals surface area contributed by atoms with E-state index in [4.69, 9.17) is 9.47 Å². The maximum Gasteiger partial charge on any atom is 0.229 e. The standard InChI is InChI=1S/C24H28N2O5S/c1-30-21-11-7-17(8-12-21)24(18-9-13-22(31-2)14-10-18)25-16-23(27)19-5-4-6-20(15-19)26-32(3,28)29/h4-15,23-27H,16H2,1-3H3/t23-/m0/s1. The van der Waals surface area contributed by atoms with Crippen LogP contribution in [-0.4, -0.2) is 40.5 Å². The number of aliphatic hydroxyl groups excluding tert-OH is 1. The zero-order valence-corrected chi connectivity index (χ0v) is 19.1. The fourth-order valence-electron chi connectivity index (χ4n) is 3.39. The molecule has 0 amide bonds. The van der Waals surface area contributed by atoms with Crippen LogP contribution in [0.4, 0.5) is 5.69 Å². The van der Waals surface area contributed by atoms with Gasteiger partial charge in [0.15, 0.2) is 0 Å². The zero-order chi connectivity index (χ0) is 23.1. The molecule has 0 heterocycles. The van der Waals surface area contributed by atoms with Gasteiger partial charge in [0.05, 0.1) is 32.6 Å². The number of rotatable bonds is 10. The van der Waals surface area contributed by atoms with Gasteiger partial charge in [0.25, 0.3) is 0 Å². The van der Waals surface area contributed by atoms with Crippen molar-refractivity contribution in [3.05, 3.63) is 89.5 Å². The lowest BCUT2D eigenvalue weighted by molar-refractivity contribution is 0.172. The van der Waals surface area contributed by atoms with Crippen molar-refractivity contribution in [3.63, 3.8) is 0 Å². The van der Waals surface area contributed by atoms with Crippen molar-refractivity contribution in [2.75, 3.05) is 31.7 Å². The average Bonchev–Trinajstić information content (AvgIpc) is 2.79. The average molecular weight is 457 g/mol. The van der Waals surface area contributed by atoms with E-state index in [9.17, 15) is 13.5 Å². The van der Waals surface area contributed by atoms with Gasteiger partial charge < -0.3 is 19.9 Å². The number of benzene rings is 3. The Balaban J connectivity index is 1.80. The number of anilines is 1. The molecule has 0 unspecified atom stereocenters. The van der Waals surface area contributed by atoms with Crippen molar-refractivity contribution in [2.24, 2.45) is 0 Å². The summed E-state index contributed by atoms with van der Waals surface area (Å²) in [6, 6.07) is 22.0. The molecular formula is C24H28N2O5S. The van der Waals surface area contributed by atoms with E-state index in [1.54, 1.807) is 38.5 Å². The van der Waals surface area contributed by atoms with E-state index < -0.39 is 16.1 Å². The van der Waals surface area contributed by atoms with E-state index in [1.807, 2.05) is 48.5 Å². The highest BCUT2D eigenvalue weighted by atomic mass is 32.2. The summed E-state index contributed by atoms with van der Waals surface area (Å²) in [7, 11) is -0.152. The number of hydrogen-bond acceptors (Lipinski definition) is 6. The predicted molar refractivity (Wildman–Crippen MR) is 126 cm³/mol. The second kappa shape index (κ2) is 10.5. The van der Waals surface area contributed by atoms with E-state index in [-0.39, 0.29) is 12.6 Å². The van der Waals surface area contributed by atoms with Gasteiger partial charge in [-0.2, -0.15) is 0 Å². The number of ether oxygens (including phenoxy) is 2. The quantitative estimate of drug-likeness (QED) is 0.432. The van der Waals surface area contributed by atoms with Gasteiger partial charge in [0.1, 0.15) is 11.5 Å². The fourth-order valence-corrected chi connectivity index (χ4v) is 3.95. The maximum absolute atomic E-state index is 11.5. The SMILES string of the molecule is COc1ccc(C(NC[C@H](O)c2cccc(NS(C)(=O)=O)c2)c2ccc(OC)cc2)cc1. The lowest BCUT2D eigenvalue weighted by Gasteiger charge is -2.23. The summed E-state index contributed by atoms with van der Waals surface area (Å²) in [5.74, 6) is 1.52. The second-order valence-electron chi connectivity index (χ2n) is 7.40. The molecule has 3 aromatic rings. The molecule has 1 atom stereocenters. The third-order valence-corrected chi connectivity index (χ3v) is 5.59. The molecule has 0 aliphatic rings. The number of nitrogens with one attached hydrogen (secondary N) is 2. The number of hydrogen-bond donors (Lipinski definition) is 3. The minimum absolute atomic E-state index is 0.182. The molecule has 7 nitrogen and oxygen atoms in total. The first-order chi connectivity index (χ1) is 15.3. The fraction of sp³-hybridized carbons (Fsp3) is 0.250. The largest absolute Gasteiger partial charge is 0.497 e. The first-order valence-corrected chi connectivity index (χ1v) is 12.0. The van der Waals surface area contributed by atoms with Crippen LogP contribution in [0, 0.1) is 0 Å². The van der Waals surface area contributed by atoms with Gasteiger partial charge in [0, 0.05) is 12.2 Å². The minimum atomic E-state index is -3.40. The molecule has 0 saturated carbocycles. The van der Waals surface area contributed by atoms with Gasteiger partial charge in [-0.3, -0.25) is 4.72 Å². The van der Waals surface area contributed by atoms with Gasteiger partial charge in [-0.15, -0.1) is 0 Å². The molecule has 0 bridgehead atoms. The summed E-state index contributed by atoms with van der Waals surface area (Å²) in [6.07, 6.45) is 0.252. The molecule has 3 rings (SSSR count). The molecule has 32 heavy (non-hydrogen) atoms. The van der Waals surface area contributed by atoms with Crippen molar-refractivity contribution in [3.8, 4) is 11.5 Å². The molecule has 0 fully saturated rings. The van der Waals surface area contributed by atoms with E-state index in [0.717, 1.165) is 28.9 Å². The topological polar surface area (TPSA) is 96.9 Å². The van der Waals surface area contributed by atoms with Crippen LogP contribution in [0.5, 0.6) is 11.5 Å². The van der Waals surface area contributed by atoms with Crippen molar-refractivity contribution >= 4 is 15.7 Å². The second-order valence-corrected chi connectivity index (χ2v) is 9.15. The van der Waals surface area contributed by atoms with Crippen LogP contribution in [0.1, 0.15) is 28.8 Å². The molecule has 170 valence electrons. The number of methoxy groups -OCH3 is 2. The van der Waals surface area contributed by atoms with Crippen LogP contribution < -0.4 is 19.5 Å². The Hall–Kier alpha value is -3.07. The number of aliphatic hydroxyl groups is 1. The highest BCUT2D eigenvalue weighted by Crippen LogP contribution is 2.27. The van der Waals surface area contributed by atoms with E-state index >= 15 is 0 Å². The third kappa shape index (κ3) is 6.46. The smallest absolute Gasteiger partial charge is 0.229 e.